The molecule has 0 saturated carbocycles. The van der Waals surface area contributed by atoms with Crippen LogP contribution in [-0.4, -0.2) is 6.61 Å². The van der Waals surface area contributed by atoms with E-state index >= 15 is 0 Å². The van der Waals surface area contributed by atoms with E-state index < -0.39 is 0 Å². The van der Waals surface area contributed by atoms with Gasteiger partial charge in [0.25, 0.3) is 0 Å². The predicted molar refractivity (Wildman–Crippen MR) is 79.6 cm³/mol. The topological polar surface area (TPSA) is 18.5 Å². The van der Waals surface area contributed by atoms with Crippen molar-refractivity contribution in [3.8, 4) is 11.5 Å². The molecule has 2 heteroatoms. The van der Waals surface area contributed by atoms with Gasteiger partial charge in [0.05, 0.1) is 6.61 Å². The van der Waals surface area contributed by atoms with Crippen LogP contribution in [0.5, 0.6) is 11.5 Å². The Morgan fingerprint density at radius 3 is 2.11 bits per heavy atom. The van der Waals surface area contributed by atoms with Gasteiger partial charge in [0.2, 0.25) is 0 Å². The number of hydrogen-bond acceptors (Lipinski definition) is 2. The van der Waals surface area contributed by atoms with Crippen LogP contribution in [0.2, 0.25) is 0 Å². The van der Waals surface area contributed by atoms with Gasteiger partial charge in [0.15, 0.2) is 0 Å². The summed E-state index contributed by atoms with van der Waals surface area (Å²) in [5.74, 6) is 1.68. The summed E-state index contributed by atoms with van der Waals surface area (Å²) >= 11 is 0. The predicted octanol–water partition coefficient (Wildman–Crippen LogP) is 4.47. The molecule has 0 fully saturated rings. The van der Waals surface area contributed by atoms with E-state index in [1.54, 1.807) is 0 Å². The molecule has 2 rings (SSSR count). The van der Waals surface area contributed by atoms with E-state index in [-0.39, 0.29) is 0 Å². The Morgan fingerprint density at radius 2 is 1.47 bits per heavy atom. The quantitative estimate of drug-likeness (QED) is 0.735. The highest BCUT2D eigenvalue weighted by Crippen LogP contribution is 2.20. The fourth-order valence-corrected chi connectivity index (χ4v) is 1.56. The molecule has 0 unspecified atom stereocenters. The number of benzene rings is 2. The molecule has 2 aromatic rings. The van der Waals surface area contributed by atoms with Gasteiger partial charge in [0, 0.05) is 6.07 Å². The SMILES string of the molecule is C=C.CCOc1cccc(OCc2ccccc2)c1. The molecule has 0 aromatic heterocycles. The molecule has 0 radical (unpaired) electrons. The summed E-state index contributed by atoms with van der Waals surface area (Å²) in [7, 11) is 0. The maximum atomic E-state index is 5.70. The number of ether oxygens (including phenoxy) is 2. The van der Waals surface area contributed by atoms with Gasteiger partial charge in [-0.2, -0.15) is 0 Å². The van der Waals surface area contributed by atoms with Crippen LogP contribution in [0.4, 0.5) is 0 Å². The van der Waals surface area contributed by atoms with E-state index in [2.05, 4.69) is 13.2 Å². The lowest BCUT2D eigenvalue weighted by atomic mass is 10.2. The highest BCUT2D eigenvalue weighted by Gasteiger charge is 1.98. The summed E-state index contributed by atoms with van der Waals surface area (Å²) in [6.07, 6.45) is 0. The minimum atomic E-state index is 0.580. The van der Waals surface area contributed by atoms with Crippen molar-refractivity contribution in [2.75, 3.05) is 6.61 Å². The Morgan fingerprint density at radius 1 is 0.842 bits per heavy atom. The molecule has 0 N–H and O–H groups in total. The molecule has 0 amide bonds. The van der Waals surface area contributed by atoms with Crippen molar-refractivity contribution in [1.82, 2.24) is 0 Å². The van der Waals surface area contributed by atoms with Crippen LogP contribution >= 0.6 is 0 Å². The van der Waals surface area contributed by atoms with Crippen LogP contribution in [0, 0.1) is 0 Å². The standard InChI is InChI=1S/C15H16O2.C2H4/c1-2-16-14-9-6-10-15(11-14)17-12-13-7-4-3-5-8-13;1-2/h3-11H,2,12H2,1H3;1-2H2. The Labute approximate surface area is 115 Å². The summed E-state index contributed by atoms with van der Waals surface area (Å²) in [5, 5.41) is 0. The van der Waals surface area contributed by atoms with E-state index in [1.165, 1.54) is 0 Å². The lowest BCUT2D eigenvalue weighted by Crippen LogP contribution is -1.96. The van der Waals surface area contributed by atoms with Crippen LogP contribution in [0.1, 0.15) is 12.5 Å². The van der Waals surface area contributed by atoms with Gasteiger partial charge in [-0.05, 0) is 24.6 Å². The van der Waals surface area contributed by atoms with E-state index in [1.807, 2.05) is 61.5 Å². The summed E-state index contributed by atoms with van der Waals surface area (Å²) < 4.78 is 11.1. The lowest BCUT2D eigenvalue weighted by Gasteiger charge is -2.08. The summed E-state index contributed by atoms with van der Waals surface area (Å²) in [5.41, 5.74) is 1.16. The molecule has 0 aliphatic heterocycles. The third-order valence-electron chi connectivity index (χ3n) is 2.36. The fourth-order valence-electron chi connectivity index (χ4n) is 1.56. The molecule has 2 nitrogen and oxygen atoms in total. The van der Waals surface area contributed by atoms with Crippen LogP contribution in [0.25, 0.3) is 0 Å². The van der Waals surface area contributed by atoms with E-state index in [9.17, 15) is 0 Å². The normalized spacial score (nSPS) is 9.11. The van der Waals surface area contributed by atoms with Crippen molar-refractivity contribution < 1.29 is 9.47 Å². The first-order valence-electron chi connectivity index (χ1n) is 6.28. The Kier molecular flexibility index (Phi) is 6.88. The smallest absolute Gasteiger partial charge is 0.123 e. The maximum Gasteiger partial charge on any atom is 0.123 e. The van der Waals surface area contributed by atoms with Crippen molar-refractivity contribution in [2.24, 2.45) is 0 Å². The van der Waals surface area contributed by atoms with Gasteiger partial charge in [-0.1, -0.05) is 36.4 Å². The largest absolute Gasteiger partial charge is 0.494 e. The van der Waals surface area contributed by atoms with Gasteiger partial charge in [-0.3, -0.25) is 0 Å². The average Bonchev–Trinajstić information content (AvgIpc) is 2.49. The van der Waals surface area contributed by atoms with E-state index in [4.69, 9.17) is 9.47 Å². The second-order valence-electron chi connectivity index (χ2n) is 3.68. The summed E-state index contributed by atoms with van der Waals surface area (Å²) in [6, 6.07) is 17.8. The van der Waals surface area contributed by atoms with Gasteiger partial charge in [-0.15, -0.1) is 13.2 Å². The van der Waals surface area contributed by atoms with Crippen molar-refractivity contribution in [1.29, 1.82) is 0 Å². The maximum absolute atomic E-state index is 5.70. The van der Waals surface area contributed by atoms with Crippen LogP contribution in [0.3, 0.4) is 0 Å². The number of rotatable bonds is 5. The van der Waals surface area contributed by atoms with E-state index in [0.29, 0.717) is 13.2 Å². The average molecular weight is 256 g/mol. The van der Waals surface area contributed by atoms with Crippen LogP contribution < -0.4 is 9.47 Å². The first-order valence-corrected chi connectivity index (χ1v) is 6.28. The molecule has 0 atom stereocenters. The molecule has 0 aliphatic carbocycles. The Balaban J connectivity index is 0.000000861. The van der Waals surface area contributed by atoms with Crippen LogP contribution in [0.15, 0.2) is 67.8 Å². The molecule has 100 valence electrons. The van der Waals surface area contributed by atoms with Gasteiger partial charge >= 0.3 is 0 Å². The minimum Gasteiger partial charge on any atom is -0.494 e. The van der Waals surface area contributed by atoms with Crippen molar-refractivity contribution in [3.63, 3.8) is 0 Å². The highest BCUT2D eigenvalue weighted by molar-refractivity contribution is 5.33. The Hall–Kier alpha value is -2.22. The number of hydrogen-bond donors (Lipinski definition) is 0. The molecular weight excluding hydrogens is 236 g/mol. The highest BCUT2D eigenvalue weighted by atomic mass is 16.5. The van der Waals surface area contributed by atoms with Crippen molar-refractivity contribution in [3.05, 3.63) is 73.3 Å². The first-order chi connectivity index (χ1) is 9.38. The van der Waals surface area contributed by atoms with Gasteiger partial charge < -0.3 is 9.47 Å². The second-order valence-corrected chi connectivity index (χ2v) is 3.68. The minimum absolute atomic E-state index is 0.580. The molecule has 0 bridgehead atoms. The van der Waals surface area contributed by atoms with Crippen LogP contribution in [-0.2, 0) is 6.61 Å². The third kappa shape index (κ3) is 5.30. The molecule has 2 aromatic carbocycles. The summed E-state index contributed by atoms with van der Waals surface area (Å²) in [6.45, 7) is 9.22. The zero-order valence-electron chi connectivity index (χ0n) is 11.3. The zero-order valence-corrected chi connectivity index (χ0v) is 11.3. The van der Waals surface area contributed by atoms with Gasteiger partial charge in [0.1, 0.15) is 18.1 Å². The molecule has 0 aliphatic rings. The molecule has 19 heavy (non-hydrogen) atoms. The third-order valence-corrected chi connectivity index (χ3v) is 2.36. The molecular formula is C17H20O2. The zero-order chi connectivity index (χ0) is 13.9. The summed E-state index contributed by atoms with van der Waals surface area (Å²) in [4.78, 5) is 0. The molecule has 0 spiro atoms. The Bertz CT molecular complexity index is 466. The first kappa shape index (κ1) is 14.8. The monoisotopic (exact) mass is 256 g/mol. The van der Waals surface area contributed by atoms with Crippen molar-refractivity contribution in [2.45, 2.75) is 13.5 Å². The fraction of sp³-hybridized carbons (Fsp3) is 0.176. The molecule has 0 saturated heterocycles. The second kappa shape index (κ2) is 8.81. The van der Waals surface area contributed by atoms with Crippen molar-refractivity contribution >= 4 is 0 Å². The lowest BCUT2D eigenvalue weighted by molar-refractivity contribution is 0.299. The van der Waals surface area contributed by atoms with Gasteiger partial charge in [-0.25, -0.2) is 0 Å². The molecule has 0 heterocycles. The van der Waals surface area contributed by atoms with E-state index in [0.717, 1.165) is 17.1 Å².